The van der Waals surface area contributed by atoms with Gasteiger partial charge in [-0.3, -0.25) is 0 Å². The highest BCUT2D eigenvalue weighted by molar-refractivity contribution is 4.73. The molecule has 2 fully saturated rings. The molecule has 1 saturated carbocycles. The minimum absolute atomic E-state index is 0.351. The molecule has 2 aliphatic rings. The van der Waals surface area contributed by atoms with Gasteiger partial charge in [0.15, 0.2) is 0 Å². The van der Waals surface area contributed by atoms with E-state index in [1.165, 1.54) is 38.5 Å². The Morgan fingerprint density at radius 3 is 2.76 bits per heavy atom. The van der Waals surface area contributed by atoms with Crippen LogP contribution in [0.15, 0.2) is 0 Å². The highest BCUT2D eigenvalue weighted by Gasteiger charge is 2.22. The minimum Gasteiger partial charge on any atom is -0.389 e. The summed E-state index contributed by atoms with van der Waals surface area (Å²) >= 11 is 0. The van der Waals surface area contributed by atoms with Crippen molar-refractivity contribution in [2.45, 2.75) is 76.6 Å². The number of aliphatic hydroxyl groups is 1. The Labute approximate surface area is 129 Å². The summed E-state index contributed by atoms with van der Waals surface area (Å²) in [4.78, 5) is 0. The maximum Gasteiger partial charge on any atom is 0.0897 e. The molecular weight excluding hydrogens is 266 g/mol. The summed E-state index contributed by atoms with van der Waals surface area (Å²) in [7, 11) is 0. The molecule has 0 amide bonds. The number of rotatable bonds is 8. The van der Waals surface area contributed by atoms with E-state index in [-0.39, 0.29) is 0 Å². The average molecular weight is 299 g/mol. The molecule has 1 aliphatic carbocycles. The Morgan fingerprint density at radius 2 is 2.00 bits per heavy atom. The van der Waals surface area contributed by atoms with E-state index in [0.717, 1.165) is 26.0 Å². The third-order valence-electron chi connectivity index (χ3n) is 4.83. The summed E-state index contributed by atoms with van der Waals surface area (Å²) in [5, 5.41) is 13.3. The lowest BCUT2D eigenvalue weighted by Gasteiger charge is -2.29. The summed E-state index contributed by atoms with van der Waals surface area (Å²) in [6.07, 6.45) is 10.1. The fourth-order valence-electron chi connectivity index (χ4n) is 3.39. The second-order valence-corrected chi connectivity index (χ2v) is 6.77. The van der Waals surface area contributed by atoms with E-state index in [0.29, 0.717) is 31.3 Å². The highest BCUT2D eigenvalue weighted by Crippen LogP contribution is 2.26. The van der Waals surface area contributed by atoms with Crippen molar-refractivity contribution in [3.63, 3.8) is 0 Å². The van der Waals surface area contributed by atoms with Gasteiger partial charge in [0, 0.05) is 13.2 Å². The Hall–Kier alpha value is -0.160. The van der Waals surface area contributed by atoms with Gasteiger partial charge in [-0.05, 0) is 51.0 Å². The van der Waals surface area contributed by atoms with Gasteiger partial charge in [-0.2, -0.15) is 0 Å². The smallest absolute Gasteiger partial charge is 0.0897 e. The molecule has 124 valence electrons. The monoisotopic (exact) mass is 299 g/mol. The fourth-order valence-corrected chi connectivity index (χ4v) is 3.39. The van der Waals surface area contributed by atoms with Crippen LogP contribution in [0, 0.1) is 5.92 Å². The first kappa shape index (κ1) is 17.2. The Bertz CT molecular complexity index is 269. The van der Waals surface area contributed by atoms with Crippen LogP contribution >= 0.6 is 0 Å². The Morgan fingerprint density at radius 1 is 1.19 bits per heavy atom. The van der Waals surface area contributed by atoms with Gasteiger partial charge >= 0.3 is 0 Å². The van der Waals surface area contributed by atoms with Crippen LogP contribution in [0.3, 0.4) is 0 Å². The first-order chi connectivity index (χ1) is 10.3. The molecule has 0 aromatic heterocycles. The molecule has 0 bridgehead atoms. The van der Waals surface area contributed by atoms with Crippen LogP contribution in [0.4, 0.5) is 0 Å². The molecule has 2 N–H and O–H groups in total. The number of hydrogen-bond donors (Lipinski definition) is 2. The zero-order valence-electron chi connectivity index (χ0n) is 13.6. The maximum atomic E-state index is 9.98. The Kier molecular flexibility index (Phi) is 8.01. The van der Waals surface area contributed by atoms with E-state index >= 15 is 0 Å². The number of aliphatic hydroxyl groups excluding tert-OH is 1. The number of hydrogen-bond acceptors (Lipinski definition) is 4. The first-order valence-electron chi connectivity index (χ1n) is 8.87. The largest absolute Gasteiger partial charge is 0.389 e. The zero-order chi connectivity index (χ0) is 14.9. The van der Waals surface area contributed by atoms with Crippen LogP contribution in [-0.2, 0) is 9.47 Å². The molecule has 4 nitrogen and oxygen atoms in total. The third-order valence-corrected chi connectivity index (χ3v) is 4.83. The van der Waals surface area contributed by atoms with E-state index in [2.05, 4.69) is 12.2 Å². The third kappa shape index (κ3) is 6.64. The predicted octanol–water partition coefficient (Wildman–Crippen LogP) is 2.49. The lowest BCUT2D eigenvalue weighted by Crippen LogP contribution is -2.35. The Balaban J connectivity index is 1.48. The zero-order valence-corrected chi connectivity index (χ0v) is 13.6. The van der Waals surface area contributed by atoms with E-state index in [9.17, 15) is 5.11 Å². The molecule has 0 spiro atoms. The standard InChI is InChI=1S/C17H33NO3/c1-14-6-2-3-8-17(14)21-13-15(19)12-18-10-9-16-7-4-5-11-20-16/h14-19H,2-13H2,1H3. The van der Waals surface area contributed by atoms with Crippen molar-refractivity contribution in [2.24, 2.45) is 5.92 Å². The van der Waals surface area contributed by atoms with Crippen molar-refractivity contribution < 1.29 is 14.6 Å². The molecular formula is C17H33NO3. The topological polar surface area (TPSA) is 50.7 Å². The van der Waals surface area contributed by atoms with Crippen LogP contribution in [0.2, 0.25) is 0 Å². The van der Waals surface area contributed by atoms with Gasteiger partial charge in [0.25, 0.3) is 0 Å². The van der Waals surface area contributed by atoms with Gasteiger partial charge in [-0.1, -0.05) is 19.8 Å². The summed E-state index contributed by atoms with van der Waals surface area (Å²) in [6, 6.07) is 0. The highest BCUT2D eigenvalue weighted by atomic mass is 16.5. The van der Waals surface area contributed by atoms with Crippen molar-refractivity contribution in [1.82, 2.24) is 5.32 Å². The summed E-state index contributed by atoms with van der Waals surface area (Å²) in [6.45, 7) is 5.18. The van der Waals surface area contributed by atoms with E-state index in [1.807, 2.05) is 0 Å². The van der Waals surface area contributed by atoms with Crippen LogP contribution in [0.1, 0.15) is 58.3 Å². The molecule has 1 saturated heterocycles. The second-order valence-electron chi connectivity index (χ2n) is 6.77. The van der Waals surface area contributed by atoms with Gasteiger partial charge < -0.3 is 19.9 Å². The number of nitrogens with one attached hydrogen (secondary N) is 1. The summed E-state index contributed by atoms with van der Waals surface area (Å²) in [5.41, 5.74) is 0. The fraction of sp³-hybridized carbons (Fsp3) is 1.00. The molecule has 1 aliphatic heterocycles. The van der Waals surface area contributed by atoms with Crippen molar-refractivity contribution in [2.75, 3.05) is 26.3 Å². The van der Waals surface area contributed by atoms with E-state index in [1.54, 1.807) is 0 Å². The first-order valence-corrected chi connectivity index (χ1v) is 8.87. The quantitative estimate of drug-likeness (QED) is 0.676. The molecule has 4 atom stereocenters. The second kappa shape index (κ2) is 9.78. The van der Waals surface area contributed by atoms with Gasteiger partial charge in [0.05, 0.1) is 24.9 Å². The van der Waals surface area contributed by atoms with Crippen LogP contribution in [-0.4, -0.2) is 49.7 Å². The molecule has 1 heterocycles. The van der Waals surface area contributed by atoms with Crippen LogP contribution < -0.4 is 5.32 Å². The van der Waals surface area contributed by atoms with Gasteiger partial charge in [0.1, 0.15) is 0 Å². The van der Waals surface area contributed by atoms with Gasteiger partial charge in [-0.25, -0.2) is 0 Å². The van der Waals surface area contributed by atoms with Gasteiger partial charge in [0.2, 0.25) is 0 Å². The molecule has 4 heteroatoms. The molecule has 2 rings (SSSR count). The average Bonchev–Trinajstić information content (AvgIpc) is 2.52. The molecule has 0 aromatic carbocycles. The molecule has 0 aromatic rings. The number of ether oxygens (including phenoxy) is 2. The van der Waals surface area contributed by atoms with Crippen molar-refractivity contribution in [3.8, 4) is 0 Å². The van der Waals surface area contributed by atoms with E-state index < -0.39 is 6.10 Å². The van der Waals surface area contributed by atoms with E-state index in [4.69, 9.17) is 9.47 Å². The maximum absolute atomic E-state index is 9.98. The van der Waals surface area contributed by atoms with Crippen LogP contribution in [0.5, 0.6) is 0 Å². The lowest BCUT2D eigenvalue weighted by atomic mass is 9.88. The molecule has 21 heavy (non-hydrogen) atoms. The molecule has 4 unspecified atom stereocenters. The normalized spacial score (nSPS) is 32.0. The molecule has 0 radical (unpaired) electrons. The van der Waals surface area contributed by atoms with Gasteiger partial charge in [-0.15, -0.1) is 0 Å². The van der Waals surface area contributed by atoms with Crippen molar-refractivity contribution in [3.05, 3.63) is 0 Å². The van der Waals surface area contributed by atoms with Crippen molar-refractivity contribution >= 4 is 0 Å². The minimum atomic E-state index is -0.397. The van der Waals surface area contributed by atoms with Crippen molar-refractivity contribution in [1.29, 1.82) is 0 Å². The summed E-state index contributed by atoms with van der Waals surface area (Å²) < 4.78 is 11.6. The van der Waals surface area contributed by atoms with Crippen LogP contribution in [0.25, 0.3) is 0 Å². The SMILES string of the molecule is CC1CCCCC1OCC(O)CNCCC1CCCCO1. The predicted molar refractivity (Wildman–Crippen MR) is 84.5 cm³/mol. The lowest BCUT2D eigenvalue weighted by molar-refractivity contribution is -0.0454. The summed E-state index contributed by atoms with van der Waals surface area (Å²) in [5.74, 6) is 0.641.